The van der Waals surface area contributed by atoms with Crippen LogP contribution in [0.25, 0.3) is 11.3 Å². The van der Waals surface area contributed by atoms with Gasteiger partial charge in [-0.05, 0) is 18.2 Å². The number of halogens is 2. The van der Waals surface area contributed by atoms with E-state index in [2.05, 4.69) is 10.3 Å². The summed E-state index contributed by atoms with van der Waals surface area (Å²) in [6.45, 7) is 0. The average Bonchev–Trinajstić information content (AvgIpc) is 2.70. The summed E-state index contributed by atoms with van der Waals surface area (Å²) in [7, 11) is 1.67. The third-order valence-electron chi connectivity index (χ3n) is 1.92. The van der Waals surface area contributed by atoms with Crippen molar-refractivity contribution in [2.75, 3.05) is 12.4 Å². The summed E-state index contributed by atoms with van der Waals surface area (Å²) in [6.07, 6.45) is 1.38. The van der Waals surface area contributed by atoms with Crippen molar-refractivity contribution < 1.29 is 8.81 Å². The molecule has 15 heavy (non-hydrogen) atoms. The maximum absolute atomic E-state index is 13.4. The van der Waals surface area contributed by atoms with E-state index in [1.54, 1.807) is 7.05 Å². The molecule has 0 amide bonds. The minimum atomic E-state index is -0.379. The van der Waals surface area contributed by atoms with Crippen LogP contribution in [-0.2, 0) is 0 Å². The van der Waals surface area contributed by atoms with Gasteiger partial charge in [-0.2, -0.15) is 4.98 Å². The van der Waals surface area contributed by atoms with Crippen molar-refractivity contribution in [3.63, 3.8) is 0 Å². The van der Waals surface area contributed by atoms with Gasteiger partial charge in [0.2, 0.25) is 0 Å². The molecule has 0 radical (unpaired) electrons. The summed E-state index contributed by atoms with van der Waals surface area (Å²) < 4.78 is 18.4. The largest absolute Gasteiger partial charge is 0.432 e. The Labute approximate surface area is 90.9 Å². The van der Waals surface area contributed by atoms with Gasteiger partial charge < -0.3 is 9.73 Å². The van der Waals surface area contributed by atoms with Gasteiger partial charge in [0.25, 0.3) is 6.01 Å². The summed E-state index contributed by atoms with van der Waals surface area (Å²) >= 11 is 5.77. The molecule has 2 rings (SSSR count). The van der Waals surface area contributed by atoms with E-state index in [1.165, 1.54) is 24.5 Å². The van der Waals surface area contributed by atoms with Crippen LogP contribution in [0.3, 0.4) is 0 Å². The molecule has 0 saturated heterocycles. The Morgan fingerprint density at radius 2 is 2.27 bits per heavy atom. The van der Waals surface area contributed by atoms with Gasteiger partial charge >= 0.3 is 0 Å². The van der Waals surface area contributed by atoms with Gasteiger partial charge in [0.15, 0.2) is 0 Å². The van der Waals surface area contributed by atoms with E-state index in [4.69, 9.17) is 16.0 Å². The van der Waals surface area contributed by atoms with Crippen molar-refractivity contribution >= 4 is 17.6 Å². The van der Waals surface area contributed by atoms with Crippen LogP contribution in [0.2, 0.25) is 5.02 Å². The second-order valence-corrected chi connectivity index (χ2v) is 3.35. The van der Waals surface area contributed by atoms with Crippen LogP contribution in [0, 0.1) is 5.82 Å². The fourth-order valence-corrected chi connectivity index (χ4v) is 1.38. The van der Waals surface area contributed by atoms with E-state index < -0.39 is 0 Å². The van der Waals surface area contributed by atoms with Crippen molar-refractivity contribution in [3.05, 3.63) is 35.3 Å². The number of hydrogen-bond acceptors (Lipinski definition) is 3. The average molecular weight is 227 g/mol. The lowest BCUT2D eigenvalue weighted by molar-refractivity contribution is 0.575. The topological polar surface area (TPSA) is 38.1 Å². The fraction of sp³-hybridized carbons (Fsp3) is 0.100. The molecule has 1 aromatic carbocycles. The minimum absolute atomic E-state index is 0.327. The van der Waals surface area contributed by atoms with Crippen molar-refractivity contribution in [3.8, 4) is 11.3 Å². The summed E-state index contributed by atoms with van der Waals surface area (Å²) in [5.74, 6) is -0.379. The van der Waals surface area contributed by atoms with Gasteiger partial charge in [-0.15, -0.1) is 0 Å². The van der Waals surface area contributed by atoms with Gasteiger partial charge in [-0.25, -0.2) is 4.39 Å². The Morgan fingerprint density at radius 3 is 2.93 bits per heavy atom. The normalized spacial score (nSPS) is 10.3. The van der Waals surface area contributed by atoms with E-state index in [-0.39, 0.29) is 5.82 Å². The van der Waals surface area contributed by atoms with E-state index in [1.807, 2.05) is 0 Å². The molecule has 1 heterocycles. The lowest BCUT2D eigenvalue weighted by Crippen LogP contribution is -1.88. The number of nitrogens with one attached hydrogen (secondary N) is 1. The highest BCUT2D eigenvalue weighted by Crippen LogP contribution is 2.26. The zero-order valence-electron chi connectivity index (χ0n) is 7.92. The first kappa shape index (κ1) is 9.98. The van der Waals surface area contributed by atoms with Crippen molar-refractivity contribution in [2.24, 2.45) is 0 Å². The molecule has 78 valence electrons. The quantitative estimate of drug-likeness (QED) is 0.855. The predicted molar refractivity (Wildman–Crippen MR) is 56.5 cm³/mol. The minimum Gasteiger partial charge on any atom is -0.432 e. The number of rotatable bonds is 2. The SMILES string of the molecule is CNc1nc(-c2cc(Cl)ccc2F)co1. The van der Waals surface area contributed by atoms with Crippen LogP contribution in [0.15, 0.2) is 28.9 Å². The van der Waals surface area contributed by atoms with Crippen molar-refractivity contribution in [2.45, 2.75) is 0 Å². The second-order valence-electron chi connectivity index (χ2n) is 2.91. The van der Waals surface area contributed by atoms with Gasteiger partial charge in [0.05, 0.1) is 0 Å². The molecule has 0 fully saturated rings. The summed E-state index contributed by atoms with van der Waals surface area (Å²) in [5.41, 5.74) is 0.743. The molecule has 1 N–H and O–H groups in total. The molecule has 0 spiro atoms. The van der Waals surface area contributed by atoms with E-state index >= 15 is 0 Å². The number of benzene rings is 1. The molecule has 0 bridgehead atoms. The molecule has 0 atom stereocenters. The molecule has 5 heteroatoms. The summed E-state index contributed by atoms with van der Waals surface area (Å²) in [5, 5.41) is 3.18. The Hall–Kier alpha value is -1.55. The second kappa shape index (κ2) is 3.90. The lowest BCUT2D eigenvalue weighted by Gasteiger charge is -1.98. The van der Waals surface area contributed by atoms with Crippen LogP contribution in [-0.4, -0.2) is 12.0 Å². The highest BCUT2D eigenvalue weighted by atomic mass is 35.5. The Kier molecular flexibility index (Phi) is 2.60. The Balaban J connectivity index is 2.48. The zero-order chi connectivity index (χ0) is 10.8. The molecule has 1 aromatic heterocycles. The van der Waals surface area contributed by atoms with Gasteiger partial charge in [-0.1, -0.05) is 11.6 Å². The van der Waals surface area contributed by atoms with Gasteiger partial charge in [0, 0.05) is 17.6 Å². The first-order valence-electron chi connectivity index (χ1n) is 4.29. The predicted octanol–water partition coefficient (Wildman–Crippen LogP) is 3.18. The smallest absolute Gasteiger partial charge is 0.294 e. The standard InChI is InChI=1S/C10H8ClFN2O/c1-13-10-14-9(5-15-10)7-4-6(11)2-3-8(7)12/h2-5H,1H3,(H,13,14). The van der Waals surface area contributed by atoms with E-state index in [0.29, 0.717) is 22.3 Å². The maximum atomic E-state index is 13.4. The number of oxazole rings is 1. The first-order valence-corrected chi connectivity index (χ1v) is 4.67. The molecule has 0 saturated carbocycles. The molecule has 0 aliphatic carbocycles. The summed E-state index contributed by atoms with van der Waals surface area (Å²) in [4.78, 5) is 4.02. The Morgan fingerprint density at radius 1 is 1.47 bits per heavy atom. The third-order valence-corrected chi connectivity index (χ3v) is 2.16. The lowest BCUT2D eigenvalue weighted by atomic mass is 10.1. The molecule has 3 nitrogen and oxygen atoms in total. The van der Waals surface area contributed by atoms with E-state index in [9.17, 15) is 4.39 Å². The highest BCUT2D eigenvalue weighted by molar-refractivity contribution is 6.30. The number of aromatic nitrogens is 1. The molecular weight excluding hydrogens is 219 g/mol. The van der Waals surface area contributed by atoms with Crippen molar-refractivity contribution in [1.82, 2.24) is 4.98 Å². The zero-order valence-corrected chi connectivity index (χ0v) is 8.68. The van der Waals surface area contributed by atoms with Crippen LogP contribution in [0.1, 0.15) is 0 Å². The monoisotopic (exact) mass is 226 g/mol. The fourth-order valence-electron chi connectivity index (χ4n) is 1.21. The molecule has 0 unspecified atom stereocenters. The molecule has 0 aliphatic rings. The maximum Gasteiger partial charge on any atom is 0.294 e. The van der Waals surface area contributed by atoms with Crippen LogP contribution in [0.4, 0.5) is 10.4 Å². The van der Waals surface area contributed by atoms with Gasteiger partial charge in [-0.3, -0.25) is 0 Å². The molecule has 0 aliphatic heterocycles. The Bertz CT molecular complexity index is 484. The van der Waals surface area contributed by atoms with Crippen LogP contribution < -0.4 is 5.32 Å². The third kappa shape index (κ3) is 1.94. The number of nitrogens with zero attached hydrogens (tertiary/aromatic N) is 1. The molecular formula is C10H8ClFN2O. The summed E-state index contributed by atoms with van der Waals surface area (Å²) in [6, 6.07) is 4.63. The van der Waals surface area contributed by atoms with Crippen molar-refractivity contribution in [1.29, 1.82) is 0 Å². The first-order chi connectivity index (χ1) is 7.20. The van der Waals surface area contributed by atoms with Gasteiger partial charge in [0.1, 0.15) is 17.8 Å². The highest BCUT2D eigenvalue weighted by Gasteiger charge is 2.10. The molecule has 2 aromatic rings. The number of hydrogen-bond donors (Lipinski definition) is 1. The number of anilines is 1. The van der Waals surface area contributed by atoms with Crippen LogP contribution in [0.5, 0.6) is 0 Å². The van der Waals surface area contributed by atoms with Crippen LogP contribution >= 0.6 is 11.6 Å². The van der Waals surface area contributed by atoms with E-state index in [0.717, 1.165) is 0 Å².